The highest BCUT2D eigenvalue weighted by atomic mass is 16.5. The van der Waals surface area contributed by atoms with Crippen LogP contribution in [0.1, 0.15) is 28.4 Å². The van der Waals surface area contributed by atoms with Crippen molar-refractivity contribution in [2.24, 2.45) is 0 Å². The number of ether oxygens (including phenoxy) is 1. The molecule has 1 atom stereocenters. The van der Waals surface area contributed by atoms with Crippen molar-refractivity contribution in [3.8, 4) is 6.01 Å². The van der Waals surface area contributed by atoms with E-state index in [0.29, 0.717) is 11.4 Å². The first-order chi connectivity index (χ1) is 14.7. The molecule has 0 spiro atoms. The van der Waals surface area contributed by atoms with E-state index in [1.807, 2.05) is 78.9 Å². The van der Waals surface area contributed by atoms with Crippen LogP contribution in [0.5, 0.6) is 6.01 Å². The molecule has 1 aromatic heterocycles. The van der Waals surface area contributed by atoms with E-state index in [2.05, 4.69) is 15.0 Å². The molecule has 0 fully saturated rings. The summed E-state index contributed by atoms with van der Waals surface area (Å²) in [5.41, 5.74) is 17.2. The third-order valence-corrected chi connectivity index (χ3v) is 4.67. The van der Waals surface area contributed by atoms with Crippen LogP contribution < -0.4 is 16.2 Å². The minimum atomic E-state index is -0.480. The van der Waals surface area contributed by atoms with Crippen molar-refractivity contribution in [3.05, 3.63) is 108 Å². The predicted octanol–water partition coefficient (Wildman–Crippen LogP) is 4.37. The molecule has 148 valence electrons. The summed E-state index contributed by atoms with van der Waals surface area (Å²) in [6, 6.07) is 23.8. The third-order valence-electron chi connectivity index (χ3n) is 4.67. The highest BCUT2D eigenvalue weighted by Crippen LogP contribution is 2.35. The largest absolute Gasteiger partial charge is 0.450 e. The molecular formula is C24H21N5O. The summed E-state index contributed by atoms with van der Waals surface area (Å²) < 4.78 is 6.18. The van der Waals surface area contributed by atoms with Crippen LogP contribution in [0.25, 0.3) is 12.2 Å². The Kier molecular flexibility index (Phi) is 5.66. The highest BCUT2D eigenvalue weighted by molar-refractivity contribution is 5.83. The Balaban J connectivity index is 1.82. The summed E-state index contributed by atoms with van der Waals surface area (Å²) in [4.78, 5) is 12.1. The third kappa shape index (κ3) is 4.28. The average Bonchev–Trinajstić information content (AvgIpc) is 2.80. The molecule has 0 saturated carbocycles. The molecular weight excluding hydrogens is 374 g/mol. The molecule has 3 aromatic carbocycles. The van der Waals surface area contributed by atoms with E-state index in [1.54, 1.807) is 6.07 Å². The van der Waals surface area contributed by atoms with Gasteiger partial charge in [0.2, 0.25) is 0 Å². The molecule has 4 aromatic rings. The van der Waals surface area contributed by atoms with Gasteiger partial charge >= 0.3 is 6.01 Å². The summed E-state index contributed by atoms with van der Waals surface area (Å²) in [5.74, 6) is 0. The van der Waals surface area contributed by atoms with E-state index >= 15 is 0 Å². The molecule has 4 N–H and O–H groups in total. The average molecular weight is 395 g/mol. The Hall–Kier alpha value is -4.19. The summed E-state index contributed by atoms with van der Waals surface area (Å²) in [6.07, 6.45) is 6.28. The number of rotatable bonds is 6. The smallest absolute Gasteiger partial charge is 0.320 e. The molecule has 6 heteroatoms. The predicted molar refractivity (Wildman–Crippen MR) is 119 cm³/mol. The molecule has 1 heterocycles. The standard InChI is InChI=1S/C24H21N5O/c25-21-14-13-20(19(22(21)26)12-11-17-7-3-1-4-8-17)23(18-9-5-2-6-10-18)30-24-28-15-27-16-29-24/h1-16,23H,25-26H2. The van der Waals surface area contributed by atoms with Crippen LogP contribution in [0, 0.1) is 0 Å². The first kappa shape index (κ1) is 19.1. The first-order valence-corrected chi connectivity index (χ1v) is 9.47. The van der Waals surface area contributed by atoms with E-state index in [9.17, 15) is 0 Å². The zero-order valence-corrected chi connectivity index (χ0v) is 16.2. The van der Waals surface area contributed by atoms with Gasteiger partial charge in [-0.15, -0.1) is 0 Å². The molecule has 0 aliphatic heterocycles. The number of hydrogen-bond acceptors (Lipinski definition) is 6. The number of anilines is 2. The number of nitrogen functional groups attached to an aromatic ring is 2. The molecule has 0 aliphatic carbocycles. The molecule has 0 saturated heterocycles. The summed E-state index contributed by atoms with van der Waals surface area (Å²) in [5, 5.41) is 0. The van der Waals surface area contributed by atoms with Gasteiger partial charge in [-0.2, -0.15) is 9.97 Å². The topological polar surface area (TPSA) is 99.9 Å². The fourth-order valence-electron chi connectivity index (χ4n) is 3.16. The zero-order chi connectivity index (χ0) is 20.8. The Bertz CT molecular complexity index is 1130. The first-order valence-electron chi connectivity index (χ1n) is 9.47. The number of aromatic nitrogens is 3. The van der Waals surface area contributed by atoms with Crippen LogP contribution in [-0.2, 0) is 0 Å². The van der Waals surface area contributed by atoms with Crippen molar-refractivity contribution < 1.29 is 4.74 Å². The lowest BCUT2D eigenvalue weighted by Crippen LogP contribution is -2.14. The highest BCUT2D eigenvalue weighted by Gasteiger charge is 2.22. The zero-order valence-electron chi connectivity index (χ0n) is 16.2. The monoisotopic (exact) mass is 395 g/mol. The maximum Gasteiger partial charge on any atom is 0.320 e. The lowest BCUT2D eigenvalue weighted by Gasteiger charge is -2.22. The van der Waals surface area contributed by atoms with E-state index in [0.717, 1.165) is 22.3 Å². The fraction of sp³-hybridized carbons (Fsp3) is 0.0417. The van der Waals surface area contributed by atoms with Crippen LogP contribution in [0.2, 0.25) is 0 Å². The van der Waals surface area contributed by atoms with Gasteiger partial charge in [0, 0.05) is 11.1 Å². The second kappa shape index (κ2) is 8.87. The SMILES string of the molecule is Nc1ccc(C(Oc2ncncn2)c2ccccc2)c(C=Cc2ccccc2)c1N. The molecule has 0 aliphatic rings. The number of benzene rings is 3. The Morgan fingerprint density at radius 1 is 0.767 bits per heavy atom. The molecule has 1 unspecified atom stereocenters. The van der Waals surface area contributed by atoms with Crippen LogP contribution in [0.3, 0.4) is 0 Å². The Morgan fingerprint density at radius 3 is 2.13 bits per heavy atom. The van der Waals surface area contributed by atoms with Crippen LogP contribution in [-0.4, -0.2) is 15.0 Å². The minimum Gasteiger partial charge on any atom is -0.450 e. The van der Waals surface area contributed by atoms with Crippen molar-refractivity contribution >= 4 is 23.5 Å². The fourth-order valence-corrected chi connectivity index (χ4v) is 3.16. The summed E-state index contributed by atoms with van der Waals surface area (Å²) in [7, 11) is 0. The van der Waals surface area contributed by atoms with Gasteiger partial charge in [-0.25, -0.2) is 4.98 Å². The molecule has 4 rings (SSSR count). The van der Waals surface area contributed by atoms with Gasteiger partial charge in [0.15, 0.2) is 6.10 Å². The summed E-state index contributed by atoms with van der Waals surface area (Å²) >= 11 is 0. The van der Waals surface area contributed by atoms with Crippen molar-refractivity contribution in [2.45, 2.75) is 6.10 Å². The number of hydrogen-bond donors (Lipinski definition) is 2. The Morgan fingerprint density at radius 2 is 1.43 bits per heavy atom. The van der Waals surface area contributed by atoms with Gasteiger partial charge in [0.05, 0.1) is 11.4 Å². The van der Waals surface area contributed by atoms with Crippen molar-refractivity contribution in [3.63, 3.8) is 0 Å². The maximum atomic E-state index is 6.38. The van der Waals surface area contributed by atoms with Crippen LogP contribution in [0.15, 0.2) is 85.5 Å². The normalized spacial score (nSPS) is 12.0. The van der Waals surface area contributed by atoms with Gasteiger partial charge in [-0.3, -0.25) is 0 Å². The minimum absolute atomic E-state index is 0.229. The number of nitrogens with two attached hydrogens (primary N) is 2. The van der Waals surface area contributed by atoms with E-state index in [-0.39, 0.29) is 6.01 Å². The van der Waals surface area contributed by atoms with E-state index in [1.165, 1.54) is 12.7 Å². The van der Waals surface area contributed by atoms with Gasteiger partial charge in [-0.1, -0.05) is 78.9 Å². The number of nitrogens with zero attached hydrogens (tertiary/aromatic N) is 3. The van der Waals surface area contributed by atoms with Crippen LogP contribution >= 0.6 is 0 Å². The lowest BCUT2D eigenvalue weighted by molar-refractivity contribution is 0.225. The van der Waals surface area contributed by atoms with E-state index in [4.69, 9.17) is 16.2 Å². The van der Waals surface area contributed by atoms with Crippen LogP contribution in [0.4, 0.5) is 11.4 Å². The lowest BCUT2D eigenvalue weighted by atomic mass is 9.94. The van der Waals surface area contributed by atoms with Gasteiger partial charge < -0.3 is 16.2 Å². The summed E-state index contributed by atoms with van der Waals surface area (Å²) in [6.45, 7) is 0. The molecule has 30 heavy (non-hydrogen) atoms. The molecule has 0 bridgehead atoms. The second-order valence-corrected chi connectivity index (χ2v) is 6.64. The maximum absolute atomic E-state index is 6.38. The Labute approximate surface area is 174 Å². The quantitative estimate of drug-likeness (QED) is 0.371. The van der Waals surface area contributed by atoms with Crippen molar-refractivity contribution in [1.29, 1.82) is 0 Å². The van der Waals surface area contributed by atoms with E-state index < -0.39 is 6.10 Å². The molecule has 6 nitrogen and oxygen atoms in total. The second-order valence-electron chi connectivity index (χ2n) is 6.64. The van der Waals surface area contributed by atoms with Gasteiger partial charge in [0.1, 0.15) is 12.7 Å². The molecule has 0 radical (unpaired) electrons. The van der Waals surface area contributed by atoms with Gasteiger partial charge in [-0.05, 0) is 17.2 Å². The van der Waals surface area contributed by atoms with Gasteiger partial charge in [0.25, 0.3) is 0 Å². The molecule has 0 amide bonds. The van der Waals surface area contributed by atoms with Crippen molar-refractivity contribution in [1.82, 2.24) is 15.0 Å². The van der Waals surface area contributed by atoms with Crippen molar-refractivity contribution in [2.75, 3.05) is 11.5 Å².